The number of hydrogen-bond acceptors (Lipinski definition) is 6. The number of guanidine groups is 1. The highest BCUT2D eigenvalue weighted by atomic mass is 35.5. The molecular weight excluding hydrogens is 557 g/mol. The van der Waals surface area contributed by atoms with Crippen LogP contribution in [0.5, 0.6) is 5.75 Å². The second-order valence-electron chi connectivity index (χ2n) is 11.0. The maximum Gasteiger partial charge on any atom is 0.228 e. The van der Waals surface area contributed by atoms with Gasteiger partial charge in [-0.25, -0.2) is 9.98 Å². The first-order chi connectivity index (χ1) is 19.7. The standard InChI is InChI=1S/C30H43ClN7O2P/c1-23-20-26(35-30(32-13-12-31)34-22-33-25-8-6-7-9-29(25)41(4,5)39)28(40-3)21-27(23)38-14-10-24(11-15-38)37-18-16-36(2)17-19-37/h6-9,12-13,20-22,24H,10-11,14-19H2,1-5H3,(H2,32,33,34,35)/b13-12+. The van der Waals surface area contributed by atoms with Crippen LogP contribution in [-0.4, -0.2) is 94.9 Å². The van der Waals surface area contributed by atoms with Crippen LogP contribution in [0.1, 0.15) is 18.4 Å². The third-order valence-corrected chi connectivity index (χ3v) is 9.43. The topological polar surface area (TPSA) is 84.8 Å². The van der Waals surface area contributed by atoms with E-state index in [0.29, 0.717) is 17.8 Å². The summed E-state index contributed by atoms with van der Waals surface area (Å²) in [6, 6.07) is 12.4. The van der Waals surface area contributed by atoms with Crippen molar-refractivity contribution in [3.63, 3.8) is 0 Å². The molecule has 0 radical (unpaired) electrons. The number of hydrogen-bond donors (Lipinski definition) is 2. The molecule has 0 amide bonds. The van der Waals surface area contributed by atoms with Crippen molar-refractivity contribution in [2.45, 2.75) is 25.8 Å². The van der Waals surface area contributed by atoms with Crippen molar-refractivity contribution in [3.05, 3.63) is 53.7 Å². The molecule has 0 spiro atoms. The molecule has 0 atom stereocenters. The molecular formula is C30H43ClN7O2P. The van der Waals surface area contributed by atoms with Crippen LogP contribution in [0.2, 0.25) is 0 Å². The van der Waals surface area contributed by atoms with E-state index in [0.717, 1.165) is 48.4 Å². The van der Waals surface area contributed by atoms with Gasteiger partial charge < -0.3 is 29.7 Å². The Balaban J connectivity index is 1.46. The van der Waals surface area contributed by atoms with Crippen LogP contribution in [0.4, 0.5) is 17.1 Å². The fourth-order valence-corrected chi connectivity index (χ4v) is 6.71. The van der Waals surface area contributed by atoms with Crippen LogP contribution in [0.25, 0.3) is 0 Å². The van der Waals surface area contributed by atoms with Crippen LogP contribution in [0.15, 0.2) is 58.1 Å². The molecule has 9 nitrogen and oxygen atoms in total. The van der Waals surface area contributed by atoms with E-state index in [1.54, 1.807) is 20.4 Å². The van der Waals surface area contributed by atoms with E-state index >= 15 is 0 Å². The lowest BCUT2D eigenvalue weighted by Crippen LogP contribution is -2.52. The summed E-state index contributed by atoms with van der Waals surface area (Å²) in [4.78, 5) is 16.4. The molecule has 2 aromatic rings. The maximum atomic E-state index is 12.7. The Morgan fingerprint density at radius 1 is 1.07 bits per heavy atom. The first-order valence-electron chi connectivity index (χ1n) is 14.1. The fraction of sp³-hybridized carbons (Fsp3) is 0.467. The summed E-state index contributed by atoms with van der Waals surface area (Å²) < 4.78 is 18.5. The van der Waals surface area contributed by atoms with Gasteiger partial charge in [-0.05, 0) is 63.9 Å². The lowest BCUT2D eigenvalue weighted by Gasteiger charge is -2.43. The van der Waals surface area contributed by atoms with Crippen molar-refractivity contribution in [3.8, 4) is 5.75 Å². The summed E-state index contributed by atoms with van der Waals surface area (Å²) in [5, 5.41) is 7.19. The molecule has 0 saturated carbocycles. The van der Waals surface area contributed by atoms with Crippen LogP contribution in [-0.2, 0) is 4.57 Å². The highest BCUT2D eigenvalue weighted by Crippen LogP contribution is 2.37. The van der Waals surface area contributed by atoms with Crippen molar-refractivity contribution >= 4 is 53.4 Å². The van der Waals surface area contributed by atoms with Gasteiger partial charge in [-0.1, -0.05) is 23.7 Å². The minimum atomic E-state index is -2.46. The molecule has 2 aliphatic rings. The summed E-state index contributed by atoms with van der Waals surface area (Å²) in [6.07, 6.45) is 5.33. The third kappa shape index (κ3) is 8.35. The minimum absolute atomic E-state index is 0.321. The average Bonchev–Trinajstić information content (AvgIpc) is 2.96. The second kappa shape index (κ2) is 14.4. The van der Waals surface area contributed by atoms with Crippen molar-refractivity contribution in [1.82, 2.24) is 9.80 Å². The number of piperidine rings is 1. The number of halogens is 1. The van der Waals surface area contributed by atoms with Crippen molar-refractivity contribution in [2.75, 3.05) is 82.3 Å². The number of nitrogens with zero attached hydrogens (tertiary/aromatic N) is 5. The number of nitrogens with one attached hydrogen (secondary N) is 2. The van der Waals surface area contributed by atoms with Gasteiger partial charge in [0.05, 0.1) is 19.1 Å². The number of likely N-dealkylation sites (N-methyl/N-ethyl adjacent to an activating group) is 1. The van der Waals surface area contributed by atoms with Gasteiger partial charge in [0.2, 0.25) is 5.96 Å². The zero-order chi connectivity index (χ0) is 29.4. The summed E-state index contributed by atoms with van der Waals surface area (Å²) in [6.45, 7) is 12.3. The average molecular weight is 600 g/mol. The second-order valence-corrected chi connectivity index (χ2v) is 14.5. The Hall–Kier alpha value is -2.84. The number of aryl methyl sites for hydroxylation is 1. The number of rotatable bonds is 8. The normalized spacial score (nSPS) is 18.4. The molecule has 0 aliphatic carbocycles. The summed E-state index contributed by atoms with van der Waals surface area (Å²) in [5.74, 6) is 1.03. The Kier molecular flexibility index (Phi) is 10.9. The van der Waals surface area contributed by atoms with E-state index in [9.17, 15) is 4.57 Å². The van der Waals surface area contributed by atoms with Gasteiger partial charge >= 0.3 is 0 Å². The monoisotopic (exact) mass is 599 g/mol. The molecule has 11 heteroatoms. The number of ether oxygens (including phenoxy) is 1. The smallest absolute Gasteiger partial charge is 0.228 e. The molecule has 2 fully saturated rings. The van der Waals surface area contributed by atoms with Gasteiger partial charge in [0.1, 0.15) is 12.9 Å². The highest BCUT2D eigenvalue weighted by Gasteiger charge is 2.27. The number of piperazine rings is 1. The largest absolute Gasteiger partial charge is 0.494 e. The number of benzene rings is 2. The SMILES string of the molecule is COc1cc(N2CCC(N3CCN(C)CC3)CC2)c(C)cc1NC(=N/C=C/Cl)/N=C/Nc1ccccc1P(C)(C)=O. The Morgan fingerprint density at radius 3 is 2.44 bits per heavy atom. The van der Waals surface area contributed by atoms with Gasteiger partial charge in [0.15, 0.2) is 0 Å². The van der Waals surface area contributed by atoms with Crippen LogP contribution >= 0.6 is 18.7 Å². The van der Waals surface area contributed by atoms with E-state index < -0.39 is 7.14 Å². The quantitative estimate of drug-likeness (QED) is 0.248. The first kappa shape index (κ1) is 31.1. The number of aliphatic imine (C=N–C) groups is 2. The van der Waals surface area contributed by atoms with Crippen molar-refractivity contribution in [2.24, 2.45) is 9.98 Å². The number of para-hydroxylation sites is 1. The van der Waals surface area contributed by atoms with Gasteiger partial charge in [-0.3, -0.25) is 4.90 Å². The van der Waals surface area contributed by atoms with E-state index in [2.05, 4.69) is 61.4 Å². The maximum absolute atomic E-state index is 12.7. The molecule has 41 heavy (non-hydrogen) atoms. The van der Waals surface area contributed by atoms with Crippen molar-refractivity contribution in [1.29, 1.82) is 0 Å². The number of methoxy groups -OCH3 is 1. The van der Waals surface area contributed by atoms with E-state index in [-0.39, 0.29) is 0 Å². The molecule has 222 valence electrons. The summed E-state index contributed by atoms with van der Waals surface area (Å²) in [5.41, 5.74) is 5.16. The van der Waals surface area contributed by atoms with Gasteiger partial charge in [-0.2, -0.15) is 0 Å². The molecule has 2 aromatic carbocycles. The van der Waals surface area contributed by atoms with Gasteiger partial charge in [0.25, 0.3) is 0 Å². The highest BCUT2D eigenvalue weighted by molar-refractivity contribution is 7.70. The number of anilines is 3. The van der Waals surface area contributed by atoms with Gasteiger partial charge in [-0.15, -0.1) is 0 Å². The molecule has 2 saturated heterocycles. The Morgan fingerprint density at radius 2 is 1.78 bits per heavy atom. The molecule has 2 N–H and O–H groups in total. The summed E-state index contributed by atoms with van der Waals surface area (Å²) in [7, 11) is 1.42. The molecule has 0 unspecified atom stereocenters. The molecule has 0 aromatic heterocycles. The van der Waals surface area contributed by atoms with Crippen LogP contribution < -0.4 is 25.6 Å². The van der Waals surface area contributed by atoms with Crippen molar-refractivity contribution < 1.29 is 9.30 Å². The minimum Gasteiger partial charge on any atom is -0.494 e. The molecule has 4 rings (SSSR count). The van der Waals surface area contributed by atoms with Gasteiger partial charge in [0, 0.05) is 79.8 Å². The van der Waals surface area contributed by atoms with Crippen LogP contribution in [0, 0.1) is 6.92 Å². The van der Waals surface area contributed by atoms with E-state index in [4.69, 9.17) is 16.3 Å². The zero-order valence-electron chi connectivity index (χ0n) is 24.8. The Bertz CT molecular complexity index is 1310. The lowest BCUT2D eigenvalue weighted by molar-refractivity contribution is 0.0982. The first-order valence-corrected chi connectivity index (χ1v) is 17.1. The predicted octanol–water partition coefficient (Wildman–Crippen LogP) is 5.09. The Labute approximate surface area is 249 Å². The molecule has 2 aliphatic heterocycles. The summed E-state index contributed by atoms with van der Waals surface area (Å²) >= 11 is 5.76. The van der Waals surface area contributed by atoms with Crippen LogP contribution in [0.3, 0.4) is 0 Å². The fourth-order valence-electron chi connectivity index (χ4n) is 5.49. The molecule has 2 heterocycles. The third-order valence-electron chi connectivity index (χ3n) is 7.77. The zero-order valence-corrected chi connectivity index (χ0v) is 26.5. The predicted molar refractivity (Wildman–Crippen MR) is 176 cm³/mol. The molecule has 0 bridgehead atoms. The van der Waals surface area contributed by atoms with E-state index in [1.807, 2.05) is 24.3 Å². The lowest BCUT2D eigenvalue weighted by atomic mass is 10.0. The van der Waals surface area contributed by atoms with E-state index in [1.165, 1.54) is 49.7 Å².